The van der Waals surface area contributed by atoms with Crippen molar-refractivity contribution < 1.29 is 4.79 Å². The molecule has 0 saturated carbocycles. The number of hydrogen-bond donors (Lipinski definition) is 2. The molecule has 0 aliphatic carbocycles. The monoisotopic (exact) mass is 202 g/mol. The van der Waals surface area contributed by atoms with Gasteiger partial charge in [-0.2, -0.15) is 11.8 Å². The highest BCUT2D eigenvalue weighted by Gasteiger charge is 2.15. The standard InChI is InChI=1S/C9H18N2OS/c1-7(2)10-9(12)11-8-4-3-5-13-6-8/h7-8H,3-6H2,1-2H3,(H2,10,11,12). The molecule has 1 atom stereocenters. The van der Waals surface area contributed by atoms with Gasteiger partial charge >= 0.3 is 6.03 Å². The molecule has 2 N–H and O–H groups in total. The largest absolute Gasteiger partial charge is 0.336 e. The van der Waals surface area contributed by atoms with Crippen LogP contribution in [0, 0.1) is 0 Å². The fraction of sp³-hybridized carbons (Fsp3) is 0.889. The number of rotatable bonds is 2. The minimum Gasteiger partial charge on any atom is -0.336 e. The zero-order valence-electron chi connectivity index (χ0n) is 8.30. The van der Waals surface area contributed by atoms with Crippen LogP contribution in [0.15, 0.2) is 0 Å². The van der Waals surface area contributed by atoms with Crippen LogP contribution >= 0.6 is 11.8 Å². The third kappa shape index (κ3) is 4.41. The Balaban J connectivity index is 2.18. The first-order valence-electron chi connectivity index (χ1n) is 4.83. The fourth-order valence-corrected chi connectivity index (χ4v) is 2.42. The van der Waals surface area contributed by atoms with Crippen molar-refractivity contribution in [2.75, 3.05) is 11.5 Å². The number of nitrogens with one attached hydrogen (secondary N) is 2. The zero-order chi connectivity index (χ0) is 9.68. The van der Waals surface area contributed by atoms with Crippen molar-refractivity contribution in [1.29, 1.82) is 0 Å². The summed E-state index contributed by atoms with van der Waals surface area (Å²) < 4.78 is 0. The van der Waals surface area contributed by atoms with Crippen molar-refractivity contribution >= 4 is 17.8 Å². The maximum atomic E-state index is 11.3. The van der Waals surface area contributed by atoms with Crippen LogP contribution < -0.4 is 10.6 Å². The number of amides is 2. The van der Waals surface area contributed by atoms with Gasteiger partial charge in [-0.3, -0.25) is 0 Å². The van der Waals surface area contributed by atoms with E-state index in [1.165, 1.54) is 12.2 Å². The third-order valence-corrected chi connectivity index (χ3v) is 3.13. The Morgan fingerprint density at radius 3 is 2.85 bits per heavy atom. The summed E-state index contributed by atoms with van der Waals surface area (Å²) in [5, 5.41) is 5.81. The van der Waals surface area contributed by atoms with Gasteiger partial charge in [0.15, 0.2) is 0 Å². The summed E-state index contributed by atoms with van der Waals surface area (Å²) in [4.78, 5) is 11.3. The molecule has 0 bridgehead atoms. The first-order chi connectivity index (χ1) is 6.18. The van der Waals surface area contributed by atoms with Gasteiger partial charge in [0.2, 0.25) is 0 Å². The molecule has 76 valence electrons. The molecule has 1 aliphatic heterocycles. The maximum Gasteiger partial charge on any atom is 0.315 e. The van der Waals surface area contributed by atoms with E-state index in [2.05, 4.69) is 10.6 Å². The molecule has 1 rings (SSSR count). The molecule has 2 amide bonds. The molecule has 1 aliphatic rings. The number of hydrogen-bond acceptors (Lipinski definition) is 2. The normalized spacial score (nSPS) is 22.8. The number of urea groups is 1. The average Bonchev–Trinajstić information content (AvgIpc) is 2.04. The van der Waals surface area contributed by atoms with Crippen molar-refractivity contribution in [3.05, 3.63) is 0 Å². The van der Waals surface area contributed by atoms with Crippen LogP contribution in [0.4, 0.5) is 4.79 Å². The minimum absolute atomic E-state index is 0.0255. The van der Waals surface area contributed by atoms with Crippen molar-refractivity contribution in [2.24, 2.45) is 0 Å². The van der Waals surface area contributed by atoms with Gasteiger partial charge in [-0.25, -0.2) is 4.79 Å². The van der Waals surface area contributed by atoms with Crippen LogP contribution in [-0.2, 0) is 0 Å². The van der Waals surface area contributed by atoms with E-state index in [9.17, 15) is 4.79 Å². The van der Waals surface area contributed by atoms with E-state index in [-0.39, 0.29) is 12.1 Å². The van der Waals surface area contributed by atoms with Crippen molar-refractivity contribution in [2.45, 2.75) is 38.8 Å². The quantitative estimate of drug-likeness (QED) is 0.714. The smallest absolute Gasteiger partial charge is 0.315 e. The van der Waals surface area contributed by atoms with E-state index >= 15 is 0 Å². The van der Waals surface area contributed by atoms with Crippen LogP contribution in [0.25, 0.3) is 0 Å². The van der Waals surface area contributed by atoms with Gasteiger partial charge in [0, 0.05) is 17.8 Å². The lowest BCUT2D eigenvalue weighted by molar-refractivity contribution is 0.235. The lowest BCUT2D eigenvalue weighted by Crippen LogP contribution is -2.46. The van der Waals surface area contributed by atoms with Gasteiger partial charge in [-0.1, -0.05) is 0 Å². The van der Waals surface area contributed by atoms with Gasteiger partial charge in [0.05, 0.1) is 0 Å². The van der Waals surface area contributed by atoms with E-state index in [1.807, 2.05) is 25.6 Å². The predicted molar refractivity (Wildman–Crippen MR) is 57.2 cm³/mol. The highest BCUT2D eigenvalue weighted by molar-refractivity contribution is 7.99. The first-order valence-corrected chi connectivity index (χ1v) is 5.98. The summed E-state index contributed by atoms with van der Waals surface area (Å²) in [7, 11) is 0. The topological polar surface area (TPSA) is 41.1 Å². The van der Waals surface area contributed by atoms with Gasteiger partial charge in [-0.15, -0.1) is 0 Å². The van der Waals surface area contributed by atoms with Gasteiger partial charge < -0.3 is 10.6 Å². The Hall–Kier alpha value is -0.380. The Labute approximate surface area is 84.0 Å². The van der Waals surface area contributed by atoms with Crippen molar-refractivity contribution in [3.8, 4) is 0 Å². The van der Waals surface area contributed by atoms with Crippen molar-refractivity contribution in [1.82, 2.24) is 10.6 Å². The van der Waals surface area contributed by atoms with Gasteiger partial charge in [0.1, 0.15) is 0 Å². The molecule has 0 aromatic heterocycles. The number of thioether (sulfide) groups is 1. The van der Waals surface area contributed by atoms with Gasteiger partial charge in [-0.05, 0) is 32.4 Å². The molecule has 1 heterocycles. The molecule has 3 nitrogen and oxygen atoms in total. The van der Waals surface area contributed by atoms with E-state index < -0.39 is 0 Å². The van der Waals surface area contributed by atoms with E-state index in [1.54, 1.807) is 0 Å². The Kier molecular flexibility index (Phi) is 4.42. The molecule has 1 saturated heterocycles. The summed E-state index contributed by atoms with van der Waals surface area (Å²) in [5.74, 6) is 2.30. The molecule has 1 unspecified atom stereocenters. The third-order valence-electron chi connectivity index (χ3n) is 1.92. The Morgan fingerprint density at radius 2 is 2.31 bits per heavy atom. The lowest BCUT2D eigenvalue weighted by Gasteiger charge is -2.23. The second-order valence-electron chi connectivity index (χ2n) is 3.69. The molecule has 0 aromatic carbocycles. The molecule has 1 fully saturated rings. The van der Waals surface area contributed by atoms with Crippen LogP contribution in [0.3, 0.4) is 0 Å². The summed E-state index contributed by atoms with van der Waals surface area (Å²) in [6.45, 7) is 3.93. The van der Waals surface area contributed by atoms with Crippen LogP contribution in [0.5, 0.6) is 0 Å². The van der Waals surface area contributed by atoms with Crippen LogP contribution in [0.1, 0.15) is 26.7 Å². The highest BCUT2D eigenvalue weighted by Crippen LogP contribution is 2.16. The van der Waals surface area contributed by atoms with Gasteiger partial charge in [0.25, 0.3) is 0 Å². The Bertz CT molecular complexity index is 167. The molecular formula is C9H18N2OS. The molecule has 0 radical (unpaired) electrons. The second-order valence-corrected chi connectivity index (χ2v) is 4.84. The molecular weight excluding hydrogens is 184 g/mol. The molecule has 13 heavy (non-hydrogen) atoms. The van der Waals surface area contributed by atoms with E-state index in [0.717, 1.165) is 12.2 Å². The average molecular weight is 202 g/mol. The maximum absolute atomic E-state index is 11.3. The highest BCUT2D eigenvalue weighted by atomic mass is 32.2. The number of carbonyl (C=O) groups excluding carboxylic acids is 1. The summed E-state index contributed by atoms with van der Waals surface area (Å²) >= 11 is 1.92. The fourth-order valence-electron chi connectivity index (χ4n) is 1.34. The van der Waals surface area contributed by atoms with Crippen molar-refractivity contribution in [3.63, 3.8) is 0 Å². The number of carbonyl (C=O) groups is 1. The zero-order valence-corrected chi connectivity index (χ0v) is 9.12. The molecule has 4 heteroatoms. The van der Waals surface area contributed by atoms with E-state index in [0.29, 0.717) is 6.04 Å². The summed E-state index contributed by atoms with van der Waals surface area (Å²) in [6, 6.07) is 0.566. The van der Waals surface area contributed by atoms with E-state index in [4.69, 9.17) is 0 Å². The predicted octanol–water partition coefficient (Wildman–Crippen LogP) is 1.59. The lowest BCUT2D eigenvalue weighted by atomic mass is 10.2. The minimum atomic E-state index is -0.0255. The summed E-state index contributed by atoms with van der Waals surface area (Å²) in [5.41, 5.74) is 0. The van der Waals surface area contributed by atoms with Crippen LogP contribution in [-0.4, -0.2) is 29.6 Å². The summed E-state index contributed by atoms with van der Waals surface area (Å²) in [6.07, 6.45) is 2.34. The second kappa shape index (κ2) is 5.37. The molecule has 0 aromatic rings. The first kappa shape index (κ1) is 10.7. The van der Waals surface area contributed by atoms with Crippen LogP contribution in [0.2, 0.25) is 0 Å². The SMILES string of the molecule is CC(C)NC(=O)NC1CCCSC1. The molecule has 0 spiro atoms. The Morgan fingerprint density at radius 1 is 1.54 bits per heavy atom.